The molecule has 28 heavy (non-hydrogen) atoms. The van der Waals surface area contributed by atoms with Crippen LogP contribution < -0.4 is 0 Å². The zero-order valence-corrected chi connectivity index (χ0v) is 17.9. The maximum Gasteiger partial charge on any atom is 0.303 e. The molecule has 3 aromatic rings. The van der Waals surface area contributed by atoms with Gasteiger partial charge < -0.3 is 9.47 Å². The number of ether oxygens (including phenoxy) is 2. The van der Waals surface area contributed by atoms with E-state index in [4.69, 9.17) is 9.47 Å². The van der Waals surface area contributed by atoms with E-state index in [1.54, 1.807) is 0 Å². The molecule has 6 heteroatoms. The lowest BCUT2D eigenvalue weighted by Crippen LogP contribution is -2.16. The molecule has 0 saturated carbocycles. The highest BCUT2D eigenvalue weighted by Gasteiger charge is 2.29. The van der Waals surface area contributed by atoms with Crippen LogP contribution in [0.4, 0.5) is 0 Å². The van der Waals surface area contributed by atoms with Gasteiger partial charge in [-0.3, -0.25) is 9.59 Å². The van der Waals surface area contributed by atoms with Crippen molar-refractivity contribution >= 4 is 34.6 Å². The first kappa shape index (κ1) is 20.3. The summed E-state index contributed by atoms with van der Waals surface area (Å²) in [6.07, 6.45) is -1.10. The minimum Gasteiger partial charge on any atom is -0.452 e. The summed E-state index contributed by atoms with van der Waals surface area (Å²) in [7, 11) is 0. The molecule has 146 valence electrons. The Morgan fingerprint density at radius 3 is 1.46 bits per heavy atom. The number of hydrogen-bond acceptors (Lipinski definition) is 6. The van der Waals surface area contributed by atoms with Gasteiger partial charge in [-0.25, -0.2) is 0 Å². The molecule has 4 nitrogen and oxygen atoms in total. The Bertz CT molecular complexity index is 880. The molecule has 3 rings (SSSR count). The molecule has 0 fully saturated rings. The number of hydrogen-bond donors (Lipinski definition) is 0. The maximum atomic E-state index is 11.9. The van der Waals surface area contributed by atoms with Crippen LogP contribution in [-0.4, -0.2) is 11.9 Å². The fourth-order valence-corrected chi connectivity index (χ4v) is 4.62. The topological polar surface area (TPSA) is 52.6 Å². The summed E-state index contributed by atoms with van der Waals surface area (Å²) >= 11 is 3.05. The van der Waals surface area contributed by atoms with E-state index in [9.17, 15) is 9.59 Å². The molecular weight excluding hydrogens is 392 g/mol. The summed E-state index contributed by atoms with van der Waals surface area (Å²) in [5.74, 6) is -0.717. The number of thiophene rings is 2. The first-order valence-electron chi connectivity index (χ1n) is 8.89. The van der Waals surface area contributed by atoms with Crippen LogP contribution >= 0.6 is 22.7 Å². The van der Waals surface area contributed by atoms with E-state index in [0.717, 1.165) is 32.0 Å². The highest BCUT2D eigenvalue weighted by atomic mass is 32.1. The van der Waals surface area contributed by atoms with Gasteiger partial charge in [0, 0.05) is 34.7 Å². The minimum atomic E-state index is -0.551. The second-order valence-electron chi connectivity index (χ2n) is 6.58. The van der Waals surface area contributed by atoms with Crippen LogP contribution in [0.15, 0.2) is 47.2 Å². The Kier molecular flexibility index (Phi) is 6.31. The molecule has 2 heterocycles. The van der Waals surface area contributed by atoms with Crippen LogP contribution in [0.2, 0.25) is 0 Å². The van der Waals surface area contributed by atoms with E-state index in [2.05, 4.69) is 0 Å². The Morgan fingerprint density at radius 1 is 0.786 bits per heavy atom. The lowest BCUT2D eigenvalue weighted by Gasteiger charge is -2.25. The average molecular weight is 415 g/mol. The van der Waals surface area contributed by atoms with Gasteiger partial charge in [-0.2, -0.15) is 0 Å². The van der Waals surface area contributed by atoms with Gasteiger partial charge >= 0.3 is 11.9 Å². The highest BCUT2D eigenvalue weighted by Crippen LogP contribution is 2.40. The zero-order chi connectivity index (χ0) is 20.3. The molecule has 0 aliphatic rings. The average Bonchev–Trinajstić information content (AvgIpc) is 3.33. The van der Waals surface area contributed by atoms with Crippen molar-refractivity contribution in [2.45, 2.75) is 39.9 Å². The van der Waals surface area contributed by atoms with E-state index < -0.39 is 12.2 Å². The Morgan fingerprint density at radius 2 is 1.18 bits per heavy atom. The summed E-state index contributed by atoms with van der Waals surface area (Å²) in [5, 5.41) is 3.91. The van der Waals surface area contributed by atoms with Gasteiger partial charge in [0.15, 0.2) is 12.2 Å². The Balaban J connectivity index is 2.21. The molecule has 1 aromatic carbocycles. The van der Waals surface area contributed by atoms with Crippen LogP contribution in [0.5, 0.6) is 0 Å². The summed E-state index contributed by atoms with van der Waals surface area (Å²) in [6, 6.07) is 11.8. The Labute approximate surface area is 172 Å². The van der Waals surface area contributed by atoms with Crippen molar-refractivity contribution in [3.8, 4) is 0 Å². The predicted octanol–water partition coefficient (Wildman–Crippen LogP) is 5.73. The summed E-state index contributed by atoms with van der Waals surface area (Å²) in [4.78, 5) is 25.6. The Hall–Kier alpha value is -2.44. The summed E-state index contributed by atoms with van der Waals surface area (Å²) in [6.45, 7) is 6.86. The third-order valence-electron chi connectivity index (χ3n) is 4.44. The molecule has 0 spiro atoms. The van der Waals surface area contributed by atoms with Gasteiger partial charge in [0.1, 0.15) is 0 Å². The van der Waals surface area contributed by atoms with Crippen LogP contribution in [0.25, 0.3) is 0 Å². The van der Waals surface area contributed by atoms with Gasteiger partial charge in [0.2, 0.25) is 0 Å². The van der Waals surface area contributed by atoms with Crippen molar-refractivity contribution in [2.75, 3.05) is 0 Å². The molecule has 2 aromatic heterocycles. The second-order valence-corrected chi connectivity index (χ2v) is 8.53. The van der Waals surface area contributed by atoms with Gasteiger partial charge in [-0.15, -0.1) is 22.7 Å². The van der Waals surface area contributed by atoms with Crippen molar-refractivity contribution in [2.24, 2.45) is 0 Å². The summed E-state index contributed by atoms with van der Waals surface area (Å²) in [5.41, 5.74) is 3.83. The van der Waals surface area contributed by atoms with Crippen molar-refractivity contribution in [3.05, 3.63) is 79.2 Å². The standard InChI is InChI=1S/C22H22O4S2/c1-13-11-17(21(25-15(3)23)19-7-5-9-27-19)18(12-14(13)2)22(26-16(4)24)20-8-6-10-28-20/h5-12,21-22H,1-4H3. The van der Waals surface area contributed by atoms with Gasteiger partial charge in [-0.1, -0.05) is 24.3 Å². The molecule has 2 unspecified atom stereocenters. The van der Waals surface area contributed by atoms with E-state index in [-0.39, 0.29) is 11.9 Å². The maximum absolute atomic E-state index is 11.9. The van der Waals surface area contributed by atoms with Gasteiger partial charge in [-0.05, 0) is 47.9 Å². The number of esters is 2. The second kappa shape index (κ2) is 8.71. The number of carbonyl (C=O) groups is 2. The molecule has 0 bridgehead atoms. The first-order chi connectivity index (χ1) is 13.4. The molecule has 0 saturated heterocycles. The van der Waals surface area contributed by atoms with Crippen LogP contribution in [-0.2, 0) is 19.1 Å². The number of carbonyl (C=O) groups excluding carboxylic acids is 2. The number of rotatable bonds is 6. The fourth-order valence-electron chi connectivity index (χ4n) is 3.08. The highest BCUT2D eigenvalue weighted by molar-refractivity contribution is 7.10. The van der Waals surface area contributed by atoms with Crippen LogP contribution in [0.3, 0.4) is 0 Å². The molecule has 0 aliphatic carbocycles. The molecule has 0 amide bonds. The fraction of sp³-hybridized carbons (Fsp3) is 0.273. The monoisotopic (exact) mass is 414 g/mol. The molecule has 0 aliphatic heterocycles. The third kappa shape index (κ3) is 4.51. The normalized spacial score (nSPS) is 13.0. The minimum absolute atomic E-state index is 0.359. The predicted molar refractivity (Wildman–Crippen MR) is 112 cm³/mol. The lowest BCUT2D eigenvalue weighted by atomic mass is 9.91. The van der Waals surface area contributed by atoms with E-state index in [1.807, 2.05) is 61.0 Å². The van der Waals surface area contributed by atoms with E-state index >= 15 is 0 Å². The van der Waals surface area contributed by atoms with Crippen LogP contribution in [0.1, 0.15) is 58.1 Å². The lowest BCUT2D eigenvalue weighted by molar-refractivity contribution is -0.146. The third-order valence-corrected chi connectivity index (χ3v) is 6.27. The van der Waals surface area contributed by atoms with Gasteiger partial charge in [0.25, 0.3) is 0 Å². The number of benzene rings is 1. The molecular formula is C22H22O4S2. The molecule has 2 atom stereocenters. The van der Waals surface area contributed by atoms with Crippen molar-refractivity contribution in [1.29, 1.82) is 0 Å². The quantitative estimate of drug-likeness (QED) is 0.483. The molecule has 0 radical (unpaired) electrons. The SMILES string of the molecule is CC(=O)OC(c1cccs1)c1cc(C)c(C)cc1C(OC(C)=O)c1cccs1. The van der Waals surface area contributed by atoms with E-state index in [1.165, 1.54) is 36.5 Å². The molecule has 0 N–H and O–H groups in total. The first-order valence-corrected chi connectivity index (χ1v) is 10.6. The summed E-state index contributed by atoms with van der Waals surface area (Å²) < 4.78 is 11.4. The van der Waals surface area contributed by atoms with Gasteiger partial charge in [0.05, 0.1) is 0 Å². The number of aryl methyl sites for hydroxylation is 2. The van der Waals surface area contributed by atoms with Crippen molar-refractivity contribution < 1.29 is 19.1 Å². The van der Waals surface area contributed by atoms with Crippen molar-refractivity contribution in [1.82, 2.24) is 0 Å². The van der Waals surface area contributed by atoms with Crippen LogP contribution in [0, 0.1) is 13.8 Å². The smallest absolute Gasteiger partial charge is 0.303 e. The van der Waals surface area contributed by atoms with Crippen molar-refractivity contribution in [3.63, 3.8) is 0 Å². The largest absolute Gasteiger partial charge is 0.452 e. The van der Waals surface area contributed by atoms with E-state index in [0.29, 0.717) is 0 Å². The zero-order valence-electron chi connectivity index (χ0n) is 16.2.